The van der Waals surface area contributed by atoms with Crippen molar-refractivity contribution < 1.29 is 4.79 Å². The number of carbonyl (C=O) groups excluding carboxylic acids is 1. The summed E-state index contributed by atoms with van der Waals surface area (Å²) in [4.78, 5) is 20.5. The largest absolute Gasteiger partial charge is 0.399 e. The first-order valence-electron chi connectivity index (χ1n) is 7.77. The number of hydrogen-bond donors (Lipinski definition) is 4. The van der Waals surface area contributed by atoms with E-state index in [4.69, 9.17) is 11.5 Å². The summed E-state index contributed by atoms with van der Waals surface area (Å²) >= 11 is 0. The van der Waals surface area contributed by atoms with E-state index in [2.05, 4.69) is 20.6 Å². The quantitative estimate of drug-likeness (QED) is 0.535. The van der Waals surface area contributed by atoms with Crippen molar-refractivity contribution in [2.45, 2.75) is 6.42 Å². The maximum Gasteiger partial charge on any atom is 0.228 e. The predicted molar refractivity (Wildman–Crippen MR) is 98.4 cm³/mol. The van der Waals surface area contributed by atoms with Crippen molar-refractivity contribution in [3.05, 3.63) is 54.2 Å². The Bertz CT molecular complexity index is 968. The van der Waals surface area contributed by atoms with E-state index in [0.717, 1.165) is 22.5 Å². The van der Waals surface area contributed by atoms with Gasteiger partial charge in [0.15, 0.2) is 0 Å². The summed E-state index contributed by atoms with van der Waals surface area (Å²) in [7, 11) is 0. The van der Waals surface area contributed by atoms with Crippen LogP contribution in [0.25, 0.3) is 11.3 Å². The van der Waals surface area contributed by atoms with Gasteiger partial charge in [0.2, 0.25) is 11.9 Å². The second-order valence-electron chi connectivity index (χ2n) is 5.83. The van der Waals surface area contributed by atoms with Gasteiger partial charge in [-0.3, -0.25) is 4.79 Å². The Balaban J connectivity index is 1.74. The Morgan fingerprint density at radius 1 is 1.04 bits per heavy atom. The van der Waals surface area contributed by atoms with Crippen LogP contribution in [0.2, 0.25) is 0 Å². The van der Waals surface area contributed by atoms with Crippen LogP contribution >= 0.6 is 0 Å². The van der Waals surface area contributed by atoms with Gasteiger partial charge < -0.3 is 22.1 Å². The van der Waals surface area contributed by atoms with Gasteiger partial charge in [-0.15, -0.1) is 0 Å². The van der Waals surface area contributed by atoms with E-state index < -0.39 is 0 Å². The molecule has 0 fully saturated rings. The van der Waals surface area contributed by atoms with Crippen LogP contribution in [0.3, 0.4) is 0 Å². The molecule has 0 spiro atoms. The highest BCUT2D eigenvalue weighted by Gasteiger charge is 2.21. The molecule has 2 heterocycles. The fraction of sp³-hybridized carbons (Fsp3) is 0.0556. The number of hydrogen-bond acceptors (Lipinski definition) is 6. The van der Waals surface area contributed by atoms with Gasteiger partial charge in [-0.2, -0.15) is 0 Å². The van der Waals surface area contributed by atoms with Gasteiger partial charge in [0, 0.05) is 34.4 Å². The van der Waals surface area contributed by atoms with Crippen LogP contribution in [-0.4, -0.2) is 15.9 Å². The number of nitrogen functional groups attached to an aromatic ring is 2. The molecule has 3 aromatic rings. The number of nitrogens with two attached hydrogens (primary N) is 2. The van der Waals surface area contributed by atoms with E-state index >= 15 is 0 Å². The van der Waals surface area contributed by atoms with Gasteiger partial charge in [0.1, 0.15) is 0 Å². The second-order valence-corrected chi connectivity index (χ2v) is 5.83. The Morgan fingerprint density at radius 3 is 2.60 bits per heavy atom. The van der Waals surface area contributed by atoms with Gasteiger partial charge in [-0.05, 0) is 42.5 Å². The molecule has 7 nitrogen and oxygen atoms in total. The lowest BCUT2D eigenvalue weighted by Crippen LogP contribution is -2.13. The van der Waals surface area contributed by atoms with Crippen LogP contribution in [0.1, 0.15) is 5.56 Å². The summed E-state index contributed by atoms with van der Waals surface area (Å²) in [5, 5.41) is 6.20. The zero-order chi connectivity index (χ0) is 17.4. The molecule has 0 atom stereocenters. The van der Waals surface area contributed by atoms with E-state index in [1.807, 2.05) is 42.5 Å². The maximum absolute atomic E-state index is 12.2. The van der Waals surface area contributed by atoms with Crippen molar-refractivity contribution >= 4 is 34.6 Å². The Labute approximate surface area is 144 Å². The van der Waals surface area contributed by atoms with E-state index in [9.17, 15) is 4.79 Å². The zero-order valence-corrected chi connectivity index (χ0v) is 13.3. The third-order valence-electron chi connectivity index (χ3n) is 3.98. The molecule has 6 N–H and O–H groups in total. The summed E-state index contributed by atoms with van der Waals surface area (Å²) in [6.07, 6.45) is 1.82. The van der Waals surface area contributed by atoms with Crippen LogP contribution < -0.4 is 22.1 Å². The van der Waals surface area contributed by atoms with Crippen molar-refractivity contribution in [2.75, 3.05) is 22.1 Å². The minimum atomic E-state index is -0.113. The Kier molecular flexibility index (Phi) is 3.46. The van der Waals surface area contributed by atoms with Crippen molar-refractivity contribution in [3.8, 4) is 11.3 Å². The number of carbonyl (C=O) groups is 1. The molecule has 0 aliphatic carbocycles. The summed E-state index contributed by atoms with van der Waals surface area (Å²) in [5.41, 5.74) is 16.8. The molecular formula is C18H16N6O. The number of aromatic nitrogens is 2. The van der Waals surface area contributed by atoms with E-state index in [1.54, 1.807) is 6.20 Å². The van der Waals surface area contributed by atoms with Crippen molar-refractivity contribution in [3.63, 3.8) is 0 Å². The van der Waals surface area contributed by atoms with Gasteiger partial charge in [-0.1, -0.05) is 0 Å². The predicted octanol–water partition coefficient (Wildman–Crippen LogP) is 2.55. The normalized spacial score (nSPS) is 12.6. The number of nitrogens with one attached hydrogen (secondary N) is 2. The molecule has 0 saturated carbocycles. The van der Waals surface area contributed by atoms with Crippen LogP contribution in [0.15, 0.2) is 48.7 Å². The smallest absolute Gasteiger partial charge is 0.228 e. The molecule has 1 aliphatic rings. The minimum Gasteiger partial charge on any atom is -0.399 e. The molecule has 0 saturated heterocycles. The van der Waals surface area contributed by atoms with Gasteiger partial charge in [-0.25, -0.2) is 9.97 Å². The molecule has 124 valence electrons. The summed E-state index contributed by atoms with van der Waals surface area (Å²) in [6.45, 7) is 0. The summed E-state index contributed by atoms with van der Waals surface area (Å²) < 4.78 is 0. The van der Waals surface area contributed by atoms with Crippen LogP contribution in [-0.2, 0) is 11.2 Å². The van der Waals surface area contributed by atoms with Crippen molar-refractivity contribution in [1.29, 1.82) is 0 Å². The molecule has 1 amide bonds. The standard InChI is InChI=1S/C18H16N6O/c19-11-1-3-12(4-2-11)22-13-5-6-14-15(8-13)23-16(25)7-10-9-21-18(20)24-17(10)14/h1-6,8-9,22H,7,19H2,(H,23,25)(H2,20,21,24). The second kappa shape index (κ2) is 5.79. The highest BCUT2D eigenvalue weighted by Crippen LogP contribution is 2.35. The molecule has 2 aromatic carbocycles. The lowest BCUT2D eigenvalue weighted by atomic mass is 10.0. The third kappa shape index (κ3) is 2.94. The van der Waals surface area contributed by atoms with Crippen molar-refractivity contribution in [2.24, 2.45) is 0 Å². The van der Waals surface area contributed by atoms with Gasteiger partial charge >= 0.3 is 0 Å². The number of rotatable bonds is 2. The molecule has 1 aliphatic heterocycles. The van der Waals surface area contributed by atoms with E-state index in [-0.39, 0.29) is 18.3 Å². The number of benzene rings is 2. The monoisotopic (exact) mass is 332 g/mol. The molecular weight excluding hydrogens is 316 g/mol. The highest BCUT2D eigenvalue weighted by molar-refractivity contribution is 6.00. The first-order valence-corrected chi connectivity index (χ1v) is 7.77. The molecule has 1 aromatic heterocycles. The average Bonchev–Trinajstić information content (AvgIpc) is 2.72. The molecule has 0 unspecified atom stereocenters. The topological polar surface area (TPSA) is 119 Å². The van der Waals surface area contributed by atoms with Gasteiger partial charge in [0.05, 0.1) is 17.8 Å². The fourth-order valence-electron chi connectivity index (χ4n) is 2.82. The van der Waals surface area contributed by atoms with E-state index in [1.165, 1.54) is 0 Å². The summed E-state index contributed by atoms with van der Waals surface area (Å²) in [6, 6.07) is 13.1. The lowest BCUT2D eigenvalue weighted by Gasteiger charge is -2.12. The third-order valence-corrected chi connectivity index (χ3v) is 3.98. The van der Waals surface area contributed by atoms with Crippen LogP contribution in [0.5, 0.6) is 0 Å². The first-order chi connectivity index (χ1) is 12.1. The molecule has 0 radical (unpaired) electrons. The van der Waals surface area contributed by atoms with E-state index in [0.29, 0.717) is 17.1 Å². The Hall–Kier alpha value is -3.61. The van der Waals surface area contributed by atoms with Gasteiger partial charge in [0.25, 0.3) is 0 Å². The number of anilines is 5. The SMILES string of the molecule is Nc1ccc(Nc2ccc3c(c2)NC(=O)Cc2cnc(N)nc2-3)cc1. The van der Waals surface area contributed by atoms with Crippen molar-refractivity contribution in [1.82, 2.24) is 9.97 Å². The highest BCUT2D eigenvalue weighted by atomic mass is 16.1. The van der Waals surface area contributed by atoms with Crippen LogP contribution in [0, 0.1) is 0 Å². The van der Waals surface area contributed by atoms with Crippen LogP contribution in [0.4, 0.5) is 28.7 Å². The number of nitrogens with zero attached hydrogens (tertiary/aromatic N) is 2. The maximum atomic E-state index is 12.2. The lowest BCUT2D eigenvalue weighted by molar-refractivity contribution is -0.115. The summed E-state index contributed by atoms with van der Waals surface area (Å²) in [5.74, 6) is 0.0705. The fourth-order valence-corrected chi connectivity index (χ4v) is 2.82. The average molecular weight is 332 g/mol. The zero-order valence-electron chi connectivity index (χ0n) is 13.3. The Morgan fingerprint density at radius 2 is 1.80 bits per heavy atom. The molecule has 4 rings (SSSR count). The molecule has 0 bridgehead atoms. The number of amides is 1. The molecule has 7 heteroatoms. The minimum absolute atomic E-state index is 0.113. The molecule has 25 heavy (non-hydrogen) atoms. The first kappa shape index (κ1) is 14.9. The number of fused-ring (bicyclic) bond motifs is 3.